The van der Waals surface area contributed by atoms with E-state index in [4.69, 9.17) is 9.47 Å². The number of thioether (sulfide) groups is 1. The van der Waals surface area contributed by atoms with Crippen molar-refractivity contribution in [3.05, 3.63) is 22.0 Å². The lowest BCUT2D eigenvalue weighted by Gasteiger charge is -2.42. The maximum absolute atomic E-state index is 13.3. The van der Waals surface area contributed by atoms with E-state index in [0.717, 1.165) is 32.2 Å². The smallest absolute Gasteiger partial charge is 0.240 e. The van der Waals surface area contributed by atoms with Crippen LogP contribution in [-0.2, 0) is 14.3 Å². The van der Waals surface area contributed by atoms with Gasteiger partial charge in [-0.05, 0) is 38.5 Å². The number of rotatable bonds is 8. The van der Waals surface area contributed by atoms with Crippen molar-refractivity contribution < 1.29 is 19.4 Å². The molecule has 0 aromatic carbocycles. The van der Waals surface area contributed by atoms with Crippen molar-refractivity contribution in [1.82, 2.24) is 10.2 Å². The van der Waals surface area contributed by atoms with Crippen LogP contribution in [-0.4, -0.2) is 89.8 Å². The fourth-order valence-electron chi connectivity index (χ4n) is 4.57. The summed E-state index contributed by atoms with van der Waals surface area (Å²) in [5.74, 6) is 0.483. The van der Waals surface area contributed by atoms with Crippen molar-refractivity contribution >= 4 is 17.7 Å². The molecule has 0 saturated carbocycles. The topological polar surface area (TPSA) is 130 Å². The minimum absolute atomic E-state index is 0.202. The summed E-state index contributed by atoms with van der Waals surface area (Å²) in [4.78, 5) is 38.3. The lowest BCUT2D eigenvalue weighted by Crippen LogP contribution is -2.63. The molecule has 3 rings (SSSR count). The number of carbonyl (C=O) groups excluding carboxylic acids is 1. The number of likely N-dealkylation sites (tertiary alicyclic amines) is 1. The third kappa shape index (κ3) is 5.74. The van der Waals surface area contributed by atoms with Crippen molar-refractivity contribution in [1.29, 1.82) is 0 Å². The lowest BCUT2D eigenvalue weighted by molar-refractivity contribution is -0.134. The fourth-order valence-corrected chi connectivity index (χ4v) is 5.69. The fraction of sp³-hybridized carbons (Fsp3) is 0.857. The predicted octanol–water partition coefficient (Wildman–Crippen LogP) is 1.80. The third-order valence-corrected chi connectivity index (χ3v) is 7.58. The molecule has 3 aliphatic heterocycles. The van der Waals surface area contributed by atoms with E-state index in [-0.39, 0.29) is 12.0 Å². The summed E-state index contributed by atoms with van der Waals surface area (Å²) in [6.45, 7) is 3.45. The Labute approximate surface area is 192 Å². The number of allylic oxidation sites excluding steroid dienone is 1. The highest BCUT2D eigenvalue weighted by Crippen LogP contribution is 2.35. The van der Waals surface area contributed by atoms with Crippen molar-refractivity contribution in [2.45, 2.75) is 86.9 Å². The average molecular weight is 471 g/mol. The number of amides is 1. The SMILES string of the molecule is CCCCOC1CCN(C)C1C(=O)NC1C/C=C\CCSC2OC1C(N=O)C(O)C2N=O. The first-order valence-corrected chi connectivity index (χ1v) is 12.4. The molecule has 180 valence electrons. The number of aliphatic hydroxyl groups is 1. The lowest BCUT2D eigenvalue weighted by atomic mass is 9.90. The summed E-state index contributed by atoms with van der Waals surface area (Å²) in [6, 6.07) is -3.33. The molecule has 2 fully saturated rings. The third-order valence-electron chi connectivity index (χ3n) is 6.39. The van der Waals surface area contributed by atoms with E-state index in [2.05, 4.69) is 22.6 Å². The van der Waals surface area contributed by atoms with Crippen LogP contribution in [0.1, 0.15) is 39.0 Å². The van der Waals surface area contributed by atoms with Gasteiger partial charge in [-0.25, -0.2) is 0 Å². The first kappa shape index (κ1) is 25.2. The summed E-state index contributed by atoms with van der Waals surface area (Å²) < 4.78 is 12.1. The van der Waals surface area contributed by atoms with Crippen molar-refractivity contribution in [2.75, 3.05) is 26.0 Å². The van der Waals surface area contributed by atoms with Gasteiger partial charge >= 0.3 is 0 Å². The predicted molar refractivity (Wildman–Crippen MR) is 122 cm³/mol. The Hall–Kier alpha value is -1.40. The van der Waals surface area contributed by atoms with Crippen molar-refractivity contribution in [2.24, 2.45) is 10.4 Å². The molecule has 0 aromatic heterocycles. The largest absolute Gasteiger partial charge is 0.388 e. The molecule has 8 unspecified atom stereocenters. The van der Waals surface area contributed by atoms with Crippen LogP contribution in [0.25, 0.3) is 0 Å². The average Bonchev–Trinajstić information content (AvgIpc) is 3.15. The first-order valence-electron chi connectivity index (χ1n) is 11.4. The Balaban J connectivity index is 1.78. The Kier molecular flexibility index (Phi) is 9.60. The minimum atomic E-state index is -1.36. The van der Waals surface area contributed by atoms with Gasteiger partial charge < -0.3 is 19.9 Å². The van der Waals surface area contributed by atoms with Crippen LogP contribution in [0.2, 0.25) is 0 Å². The van der Waals surface area contributed by atoms with Crippen LogP contribution < -0.4 is 5.32 Å². The number of ether oxygens (including phenoxy) is 2. The normalized spacial score (nSPS) is 39.2. The molecule has 32 heavy (non-hydrogen) atoms. The molecule has 0 radical (unpaired) electrons. The minimum Gasteiger partial charge on any atom is -0.388 e. The number of likely N-dealkylation sites (N-methyl/N-ethyl adjacent to an activating group) is 1. The first-order chi connectivity index (χ1) is 15.5. The van der Waals surface area contributed by atoms with E-state index in [1.807, 2.05) is 24.1 Å². The van der Waals surface area contributed by atoms with E-state index in [1.54, 1.807) is 0 Å². The number of nitrogens with zero attached hydrogens (tertiary/aromatic N) is 3. The van der Waals surface area contributed by atoms with Gasteiger partial charge in [-0.15, -0.1) is 11.8 Å². The van der Waals surface area contributed by atoms with Crippen LogP contribution in [0.5, 0.6) is 0 Å². The highest BCUT2D eigenvalue weighted by molar-refractivity contribution is 7.99. The molecular formula is C21H34N4O6S. The molecule has 3 aliphatic rings. The summed E-state index contributed by atoms with van der Waals surface area (Å²) >= 11 is 1.37. The molecule has 0 spiro atoms. The van der Waals surface area contributed by atoms with Gasteiger partial charge in [-0.3, -0.25) is 9.69 Å². The van der Waals surface area contributed by atoms with Gasteiger partial charge in [0.15, 0.2) is 6.04 Å². The summed E-state index contributed by atoms with van der Waals surface area (Å²) in [5, 5.41) is 19.7. The molecule has 0 aromatic rings. The summed E-state index contributed by atoms with van der Waals surface area (Å²) in [7, 11) is 1.89. The molecule has 11 heteroatoms. The molecule has 2 saturated heterocycles. The number of fused-ring (bicyclic) bond motifs is 2. The molecule has 1 amide bonds. The Bertz CT molecular complexity index is 683. The number of unbranched alkanes of at least 4 members (excludes halogenated alkanes) is 1. The standard InChI is InChI=1S/C21H34N4O6S/c1-3-4-11-30-14-9-10-25(2)17(14)20(27)22-13-8-6-5-7-12-32-21-16(24-29)18(26)15(23-28)19(13)31-21/h5-6,13-19,21,26H,3-4,7-12H2,1-2H3,(H,22,27)/b6-5-. The Morgan fingerprint density at radius 3 is 2.81 bits per heavy atom. The van der Waals surface area contributed by atoms with Crippen molar-refractivity contribution in [3.63, 3.8) is 0 Å². The highest BCUT2D eigenvalue weighted by Gasteiger charge is 2.51. The number of hydrogen-bond acceptors (Lipinski definition) is 10. The summed E-state index contributed by atoms with van der Waals surface area (Å²) in [5.41, 5.74) is -0.698. The van der Waals surface area contributed by atoms with Crippen LogP contribution in [0.4, 0.5) is 0 Å². The van der Waals surface area contributed by atoms with E-state index in [0.29, 0.717) is 18.8 Å². The molecule has 3 heterocycles. The Morgan fingerprint density at radius 1 is 1.31 bits per heavy atom. The molecule has 2 bridgehead atoms. The maximum atomic E-state index is 13.3. The number of nitroso groups, excluding NO2 is 2. The number of aliphatic hydroxyl groups excluding tert-OH is 1. The number of nitrogens with one attached hydrogen (secondary N) is 1. The molecular weight excluding hydrogens is 436 g/mol. The van der Waals surface area contributed by atoms with Gasteiger partial charge in [0.05, 0.1) is 12.1 Å². The zero-order chi connectivity index (χ0) is 23.1. The number of hydrogen-bond donors (Lipinski definition) is 2. The van der Waals surface area contributed by atoms with Crippen LogP contribution >= 0.6 is 11.8 Å². The zero-order valence-corrected chi connectivity index (χ0v) is 19.5. The number of carbonyl (C=O) groups is 1. The van der Waals surface area contributed by atoms with Gasteiger partial charge in [-0.2, -0.15) is 9.81 Å². The second kappa shape index (κ2) is 12.2. The van der Waals surface area contributed by atoms with E-state index >= 15 is 0 Å². The van der Waals surface area contributed by atoms with Gasteiger partial charge in [0.25, 0.3) is 0 Å². The quantitative estimate of drug-likeness (QED) is 0.312. The second-order valence-electron chi connectivity index (χ2n) is 8.61. The van der Waals surface area contributed by atoms with E-state index in [9.17, 15) is 19.7 Å². The molecule has 8 atom stereocenters. The maximum Gasteiger partial charge on any atom is 0.240 e. The van der Waals surface area contributed by atoms with E-state index in [1.165, 1.54) is 11.8 Å². The van der Waals surface area contributed by atoms with Crippen molar-refractivity contribution in [3.8, 4) is 0 Å². The molecule has 10 nitrogen and oxygen atoms in total. The van der Waals surface area contributed by atoms with Crippen LogP contribution in [0, 0.1) is 9.81 Å². The van der Waals surface area contributed by atoms with Gasteiger partial charge in [0, 0.05) is 13.2 Å². The summed E-state index contributed by atoms with van der Waals surface area (Å²) in [6.07, 6.45) is 5.43. The highest BCUT2D eigenvalue weighted by atomic mass is 32.2. The van der Waals surface area contributed by atoms with Gasteiger partial charge in [0.1, 0.15) is 29.7 Å². The van der Waals surface area contributed by atoms with Crippen LogP contribution in [0.15, 0.2) is 22.5 Å². The van der Waals surface area contributed by atoms with Gasteiger partial charge in [-0.1, -0.05) is 35.9 Å². The van der Waals surface area contributed by atoms with E-state index < -0.39 is 41.8 Å². The zero-order valence-electron chi connectivity index (χ0n) is 18.7. The Morgan fingerprint density at radius 2 is 2.09 bits per heavy atom. The molecule has 0 aliphatic carbocycles. The second-order valence-corrected chi connectivity index (χ2v) is 9.82. The molecule has 2 N–H and O–H groups in total. The van der Waals surface area contributed by atoms with Gasteiger partial charge in [0.2, 0.25) is 5.91 Å². The monoisotopic (exact) mass is 470 g/mol. The van der Waals surface area contributed by atoms with Crippen LogP contribution in [0.3, 0.4) is 0 Å².